The van der Waals surface area contributed by atoms with Gasteiger partial charge in [-0.15, -0.1) is 0 Å². The molecule has 0 aliphatic carbocycles. The van der Waals surface area contributed by atoms with Gasteiger partial charge >= 0.3 is 6.03 Å². The van der Waals surface area contributed by atoms with Crippen molar-refractivity contribution >= 4 is 6.03 Å². The number of benzene rings is 2. The van der Waals surface area contributed by atoms with Crippen molar-refractivity contribution in [2.45, 2.75) is 38.9 Å². The third-order valence-electron chi connectivity index (χ3n) is 4.93. The first-order chi connectivity index (χ1) is 13.0. The summed E-state index contributed by atoms with van der Waals surface area (Å²) in [5.41, 5.74) is 2.49. The van der Waals surface area contributed by atoms with Gasteiger partial charge in [0.25, 0.3) is 0 Å². The van der Waals surface area contributed by atoms with Crippen molar-refractivity contribution in [3.8, 4) is 0 Å². The molecule has 3 rings (SSSR count). The van der Waals surface area contributed by atoms with Gasteiger partial charge in [0.05, 0.1) is 6.54 Å². The van der Waals surface area contributed by atoms with Crippen LogP contribution >= 0.6 is 0 Å². The van der Waals surface area contributed by atoms with Crippen LogP contribution in [0.1, 0.15) is 29.5 Å². The molecule has 0 saturated carbocycles. The lowest BCUT2D eigenvalue weighted by atomic mass is 10.0. The van der Waals surface area contributed by atoms with E-state index in [1.807, 2.05) is 31.2 Å². The third kappa shape index (κ3) is 5.26. The Morgan fingerprint density at radius 3 is 2.52 bits per heavy atom. The SMILES string of the molecule is Cc1ccc(CNC(=O)N(Cc2ccc(F)cc2F)C2CCNCC2)cc1. The molecule has 0 spiro atoms. The number of carbonyl (C=O) groups is 1. The molecule has 1 fully saturated rings. The minimum atomic E-state index is -0.625. The van der Waals surface area contributed by atoms with Crippen LogP contribution in [0, 0.1) is 18.6 Å². The molecule has 2 aromatic rings. The van der Waals surface area contributed by atoms with Crippen molar-refractivity contribution in [1.29, 1.82) is 0 Å². The van der Waals surface area contributed by atoms with E-state index in [1.54, 1.807) is 4.90 Å². The van der Waals surface area contributed by atoms with E-state index in [9.17, 15) is 13.6 Å². The van der Waals surface area contributed by atoms with Crippen LogP contribution in [0.5, 0.6) is 0 Å². The second-order valence-electron chi connectivity index (χ2n) is 6.99. The molecule has 2 aromatic carbocycles. The Morgan fingerprint density at radius 1 is 1.15 bits per heavy atom. The Bertz CT molecular complexity index is 773. The molecule has 144 valence electrons. The number of piperidine rings is 1. The quantitative estimate of drug-likeness (QED) is 0.839. The second kappa shape index (κ2) is 8.95. The Morgan fingerprint density at radius 2 is 1.85 bits per heavy atom. The molecule has 6 heteroatoms. The minimum absolute atomic E-state index is 0.0220. The molecule has 0 radical (unpaired) electrons. The summed E-state index contributed by atoms with van der Waals surface area (Å²) in [6.07, 6.45) is 1.61. The lowest BCUT2D eigenvalue weighted by molar-refractivity contribution is 0.153. The summed E-state index contributed by atoms with van der Waals surface area (Å²) < 4.78 is 27.3. The number of halogens is 2. The predicted octanol–water partition coefficient (Wildman–Crippen LogP) is 3.74. The van der Waals surface area contributed by atoms with Gasteiger partial charge in [-0.2, -0.15) is 0 Å². The molecule has 1 heterocycles. The molecule has 4 nitrogen and oxygen atoms in total. The molecular weight excluding hydrogens is 348 g/mol. The number of nitrogens with zero attached hydrogens (tertiary/aromatic N) is 1. The van der Waals surface area contributed by atoms with Gasteiger partial charge in [0.15, 0.2) is 0 Å². The molecule has 1 aliphatic heterocycles. The highest BCUT2D eigenvalue weighted by Gasteiger charge is 2.26. The number of nitrogens with one attached hydrogen (secondary N) is 2. The normalized spacial score (nSPS) is 14.8. The topological polar surface area (TPSA) is 44.4 Å². The average Bonchev–Trinajstić information content (AvgIpc) is 2.67. The smallest absolute Gasteiger partial charge is 0.318 e. The van der Waals surface area contributed by atoms with Crippen molar-refractivity contribution < 1.29 is 13.6 Å². The minimum Gasteiger partial charge on any atom is -0.334 e. The van der Waals surface area contributed by atoms with Gasteiger partial charge in [0.1, 0.15) is 11.6 Å². The lowest BCUT2D eigenvalue weighted by Crippen LogP contribution is -2.49. The van der Waals surface area contributed by atoms with Crippen LogP contribution in [0.2, 0.25) is 0 Å². The number of aryl methyl sites for hydroxylation is 1. The maximum Gasteiger partial charge on any atom is 0.318 e. The predicted molar refractivity (Wildman–Crippen MR) is 101 cm³/mol. The van der Waals surface area contributed by atoms with Crippen LogP contribution in [0.25, 0.3) is 0 Å². The summed E-state index contributed by atoms with van der Waals surface area (Å²) in [6, 6.07) is 11.2. The Balaban J connectivity index is 1.71. The van der Waals surface area contributed by atoms with Crippen LogP contribution in [0.15, 0.2) is 42.5 Å². The highest BCUT2D eigenvalue weighted by atomic mass is 19.1. The van der Waals surface area contributed by atoms with Gasteiger partial charge < -0.3 is 15.5 Å². The lowest BCUT2D eigenvalue weighted by Gasteiger charge is -2.35. The Labute approximate surface area is 158 Å². The fourth-order valence-corrected chi connectivity index (χ4v) is 3.30. The fraction of sp³-hybridized carbons (Fsp3) is 0.381. The monoisotopic (exact) mass is 373 g/mol. The number of hydrogen-bond acceptors (Lipinski definition) is 2. The summed E-state index contributed by atoms with van der Waals surface area (Å²) in [4.78, 5) is 14.5. The maximum absolute atomic E-state index is 14.1. The van der Waals surface area contributed by atoms with E-state index in [0.717, 1.165) is 43.1 Å². The van der Waals surface area contributed by atoms with Gasteiger partial charge in [-0.1, -0.05) is 35.9 Å². The van der Waals surface area contributed by atoms with Gasteiger partial charge in [0, 0.05) is 24.2 Å². The van der Waals surface area contributed by atoms with Crippen molar-refractivity contribution in [3.63, 3.8) is 0 Å². The van der Waals surface area contributed by atoms with E-state index < -0.39 is 11.6 Å². The molecule has 1 aliphatic rings. The largest absolute Gasteiger partial charge is 0.334 e. The summed E-state index contributed by atoms with van der Waals surface area (Å²) in [6.45, 7) is 4.18. The summed E-state index contributed by atoms with van der Waals surface area (Å²) >= 11 is 0. The number of amides is 2. The number of rotatable bonds is 5. The van der Waals surface area contributed by atoms with Crippen molar-refractivity contribution in [2.24, 2.45) is 0 Å². The highest BCUT2D eigenvalue weighted by Crippen LogP contribution is 2.19. The molecule has 1 saturated heterocycles. The molecule has 0 aromatic heterocycles. The van der Waals surface area contributed by atoms with Crippen LogP contribution < -0.4 is 10.6 Å². The first-order valence-electron chi connectivity index (χ1n) is 9.27. The molecule has 0 atom stereocenters. The van der Waals surface area contributed by atoms with Gasteiger partial charge in [-0.3, -0.25) is 0 Å². The van der Waals surface area contributed by atoms with E-state index in [0.29, 0.717) is 12.1 Å². The van der Waals surface area contributed by atoms with E-state index in [1.165, 1.54) is 12.1 Å². The molecule has 2 amide bonds. The zero-order valence-electron chi connectivity index (χ0n) is 15.5. The standard InChI is InChI=1S/C21H25F2N3O/c1-15-2-4-16(5-3-15)13-25-21(27)26(19-8-10-24-11-9-19)14-17-6-7-18(22)12-20(17)23/h2-7,12,19,24H,8-11,13-14H2,1H3,(H,25,27). The maximum atomic E-state index is 14.1. The van der Waals surface area contributed by atoms with E-state index in [2.05, 4.69) is 10.6 Å². The van der Waals surface area contributed by atoms with E-state index in [4.69, 9.17) is 0 Å². The van der Waals surface area contributed by atoms with Crippen LogP contribution in [-0.4, -0.2) is 30.1 Å². The van der Waals surface area contributed by atoms with Gasteiger partial charge in [-0.25, -0.2) is 13.6 Å². The first-order valence-corrected chi connectivity index (χ1v) is 9.27. The van der Waals surface area contributed by atoms with Crippen LogP contribution in [0.4, 0.5) is 13.6 Å². The molecule has 27 heavy (non-hydrogen) atoms. The zero-order chi connectivity index (χ0) is 19.2. The number of carbonyl (C=O) groups excluding carboxylic acids is 1. The first kappa shape index (κ1) is 19.3. The van der Waals surface area contributed by atoms with E-state index >= 15 is 0 Å². The Hall–Kier alpha value is -2.47. The summed E-state index contributed by atoms with van der Waals surface area (Å²) in [5, 5.41) is 6.21. The van der Waals surface area contributed by atoms with Crippen molar-refractivity contribution in [3.05, 3.63) is 70.8 Å². The van der Waals surface area contributed by atoms with Gasteiger partial charge in [-0.05, 0) is 44.5 Å². The zero-order valence-corrected chi connectivity index (χ0v) is 15.5. The molecule has 2 N–H and O–H groups in total. The molecule has 0 bridgehead atoms. The van der Waals surface area contributed by atoms with Crippen molar-refractivity contribution in [2.75, 3.05) is 13.1 Å². The average molecular weight is 373 g/mol. The summed E-state index contributed by atoms with van der Waals surface area (Å²) in [7, 11) is 0. The van der Waals surface area contributed by atoms with Crippen LogP contribution in [-0.2, 0) is 13.1 Å². The highest BCUT2D eigenvalue weighted by molar-refractivity contribution is 5.74. The molecular formula is C21H25F2N3O. The summed E-state index contributed by atoms with van der Waals surface area (Å²) in [5.74, 6) is -1.24. The number of urea groups is 1. The second-order valence-corrected chi connectivity index (χ2v) is 6.99. The fourth-order valence-electron chi connectivity index (χ4n) is 3.30. The van der Waals surface area contributed by atoms with Crippen LogP contribution in [0.3, 0.4) is 0 Å². The van der Waals surface area contributed by atoms with Gasteiger partial charge in [0.2, 0.25) is 0 Å². The van der Waals surface area contributed by atoms with E-state index in [-0.39, 0.29) is 18.6 Å². The van der Waals surface area contributed by atoms with Crippen molar-refractivity contribution in [1.82, 2.24) is 15.5 Å². The molecule has 0 unspecified atom stereocenters. The number of hydrogen-bond donors (Lipinski definition) is 2. The third-order valence-corrected chi connectivity index (χ3v) is 4.93. The Kier molecular flexibility index (Phi) is 6.40.